The molecule has 1 saturated heterocycles. The van der Waals surface area contributed by atoms with E-state index >= 15 is 0 Å². The second-order valence-electron chi connectivity index (χ2n) is 9.12. The number of aromatic amines is 1. The molecule has 1 radical (unpaired) electrons. The number of aromatic nitrogens is 3. The van der Waals surface area contributed by atoms with Gasteiger partial charge in [0.2, 0.25) is 11.8 Å². The molecule has 0 atom stereocenters. The van der Waals surface area contributed by atoms with Gasteiger partial charge in [-0.15, -0.1) is 12.0 Å². The van der Waals surface area contributed by atoms with Gasteiger partial charge >= 0.3 is 6.18 Å². The number of ether oxygens (including phenoxy) is 1. The second-order valence-corrected chi connectivity index (χ2v) is 9.12. The van der Waals surface area contributed by atoms with Crippen LogP contribution >= 0.6 is 0 Å². The number of anilines is 1. The molecule has 2 aromatic heterocycles. The van der Waals surface area contributed by atoms with Crippen LogP contribution in [-0.2, 0) is 50.2 Å². The number of pyridine rings is 1. The fraction of sp³-hybridized carbons (Fsp3) is 0.286. The average Bonchev–Trinajstić information content (AvgIpc) is 3.40. The van der Waals surface area contributed by atoms with E-state index in [1.807, 2.05) is 11.9 Å². The number of piperazine rings is 1. The summed E-state index contributed by atoms with van der Waals surface area (Å²) in [4.78, 5) is 27.9. The number of amides is 1. The zero-order valence-corrected chi connectivity index (χ0v) is 25.3. The summed E-state index contributed by atoms with van der Waals surface area (Å²) in [6, 6.07) is 5.29. The van der Waals surface area contributed by atoms with Crippen LogP contribution in [0.2, 0.25) is 0 Å². The second kappa shape index (κ2) is 14.5. The van der Waals surface area contributed by atoms with Crippen LogP contribution in [0.15, 0.2) is 42.7 Å². The Bertz CT molecular complexity index is 1470. The molecule has 0 bridgehead atoms. The van der Waals surface area contributed by atoms with Gasteiger partial charge in [0.05, 0.1) is 24.6 Å². The minimum absolute atomic E-state index is 0. The van der Waals surface area contributed by atoms with Crippen molar-refractivity contribution in [3.8, 4) is 11.8 Å². The number of H-pyrrole nitrogens is 1. The maximum atomic E-state index is 13.9. The molecule has 3 N–H and O–H groups in total. The van der Waals surface area contributed by atoms with E-state index in [0.717, 1.165) is 19.2 Å². The molecule has 3 heterocycles. The van der Waals surface area contributed by atoms with Gasteiger partial charge < -0.3 is 24.9 Å². The van der Waals surface area contributed by atoms with Gasteiger partial charge in [-0.3, -0.25) is 15.1 Å². The minimum Gasteiger partial charge on any atom is -0.481 e. The summed E-state index contributed by atoms with van der Waals surface area (Å²) in [6.07, 6.45) is 3.85. The van der Waals surface area contributed by atoms with Crippen LogP contribution in [0.1, 0.15) is 38.6 Å². The standard InChI is InChI=1S/C28H27F3N7O2.Y/c1-37-9-11-38(12-10-37)18-20-4-6-22(14-24(20)28(29,30)31)36-27(39)21-13-19(15-33-16-21)3-5-23-17-34-26(35-23)8-7-25(32)40-2;/h4,6-8,13-14,16-17,32H,9-12,18H2,1-2H3,(H,34,35)(H,36,39);/q-1;/b8-7-,32-25?;. The van der Waals surface area contributed by atoms with Crippen molar-refractivity contribution < 1.29 is 55.4 Å². The largest absolute Gasteiger partial charge is 0.481 e. The summed E-state index contributed by atoms with van der Waals surface area (Å²) in [5, 5.41) is 9.96. The number of likely N-dealkylation sites (N-methyl/N-ethyl adjacent to an activating group) is 1. The number of hydrogen-bond acceptors (Lipinski definition) is 7. The Labute approximate surface area is 261 Å². The number of methoxy groups -OCH3 is 1. The van der Waals surface area contributed by atoms with E-state index in [1.54, 1.807) is 6.08 Å². The van der Waals surface area contributed by atoms with Crippen molar-refractivity contribution >= 4 is 23.6 Å². The van der Waals surface area contributed by atoms with Crippen LogP contribution in [0.4, 0.5) is 18.9 Å². The van der Waals surface area contributed by atoms with Crippen LogP contribution in [0.5, 0.6) is 0 Å². The smallest absolute Gasteiger partial charge is 0.416 e. The molecule has 0 spiro atoms. The SMILES string of the molecule is COC(=N)/C=C\c1ncc(C#Cc2[c-]ncc(C(=O)Nc3ccc(CN4CCN(C)CC4)c(C(F)(F)F)c3)c2)[nH]1.[Y]. The summed E-state index contributed by atoms with van der Waals surface area (Å²) in [5.41, 5.74) is 0.312. The molecule has 13 heteroatoms. The number of alkyl halides is 3. The van der Waals surface area contributed by atoms with Crippen LogP contribution in [0.3, 0.4) is 0 Å². The fourth-order valence-electron chi connectivity index (χ4n) is 3.93. The molecule has 0 unspecified atom stereocenters. The molecule has 0 saturated carbocycles. The van der Waals surface area contributed by atoms with E-state index in [0.29, 0.717) is 30.2 Å². The molecule has 9 nitrogen and oxygen atoms in total. The monoisotopic (exact) mass is 639 g/mol. The molecule has 0 aliphatic carbocycles. The number of hydrogen-bond donors (Lipinski definition) is 3. The van der Waals surface area contributed by atoms with Gasteiger partial charge in [-0.2, -0.15) is 19.1 Å². The van der Waals surface area contributed by atoms with Crippen molar-refractivity contribution in [3.05, 3.63) is 82.7 Å². The molecule has 1 aromatic carbocycles. The van der Waals surface area contributed by atoms with Crippen molar-refractivity contribution in [1.82, 2.24) is 24.8 Å². The Morgan fingerprint density at radius 1 is 1.22 bits per heavy atom. The first kappa shape index (κ1) is 32.2. The minimum atomic E-state index is -4.57. The Morgan fingerprint density at radius 2 is 1.98 bits per heavy atom. The first-order chi connectivity index (χ1) is 19.1. The summed E-state index contributed by atoms with van der Waals surface area (Å²) in [5.74, 6) is 5.47. The topological polar surface area (TPSA) is 110 Å². The van der Waals surface area contributed by atoms with Crippen LogP contribution < -0.4 is 5.32 Å². The third-order valence-corrected chi connectivity index (χ3v) is 6.15. The van der Waals surface area contributed by atoms with Crippen LogP contribution in [-0.4, -0.2) is 76.9 Å². The van der Waals surface area contributed by atoms with E-state index < -0.39 is 17.6 Å². The van der Waals surface area contributed by atoms with E-state index in [9.17, 15) is 18.0 Å². The maximum Gasteiger partial charge on any atom is 0.416 e. The zero-order chi connectivity index (χ0) is 28.7. The van der Waals surface area contributed by atoms with Crippen molar-refractivity contribution in [2.45, 2.75) is 12.7 Å². The van der Waals surface area contributed by atoms with Crippen molar-refractivity contribution in [2.75, 3.05) is 45.7 Å². The Balaban J connectivity index is 0.00000462. The van der Waals surface area contributed by atoms with Gasteiger partial charge in [-0.1, -0.05) is 11.6 Å². The zero-order valence-electron chi connectivity index (χ0n) is 22.5. The number of carbonyl (C=O) groups excluding carboxylic acids is 1. The summed E-state index contributed by atoms with van der Waals surface area (Å²) in [6.45, 7) is 3.16. The van der Waals surface area contributed by atoms with E-state index in [-0.39, 0.29) is 62.0 Å². The molecule has 41 heavy (non-hydrogen) atoms. The summed E-state index contributed by atoms with van der Waals surface area (Å²) < 4.78 is 46.4. The van der Waals surface area contributed by atoms with Gasteiger partial charge in [-0.25, -0.2) is 4.98 Å². The third kappa shape index (κ3) is 9.33. The quantitative estimate of drug-likeness (QED) is 0.165. The summed E-state index contributed by atoms with van der Waals surface area (Å²) >= 11 is 0. The first-order valence-electron chi connectivity index (χ1n) is 12.3. The summed E-state index contributed by atoms with van der Waals surface area (Å²) in [7, 11) is 3.37. The molecule has 1 aliphatic rings. The van der Waals surface area contributed by atoms with Crippen LogP contribution in [0.25, 0.3) is 6.08 Å². The third-order valence-electron chi connectivity index (χ3n) is 6.15. The van der Waals surface area contributed by atoms with Gasteiger partial charge in [0, 0.05) is 77.2 Å². The number of nitrogens with one attached hydrogen (secondary N) is 3. The van der Waals surface area contributed by atoms with Crippen molar-refractivity contribution in [1.29, 1.82) is 5.41 Å². The van der Waals surface area contributed by atoms with Crippen LogP contribution in [0, 0.1) is 23.4 Å². The molecule has 3 aromatic rings. The molecular weight excluding hydrogens is 612 g/mol. The van der Waals surface area contributed by atoms with Crippen molar-refractivity contribution in [2.24, 2.45) is 0 Å². The predicted octanol–water partition coefficient (Wildman–Crippen LogP) is 3.66. The maximum absolute atomic E-state index is 13.9. The number of halogens is 3. The number of nitrogens with zero attached hydrogens (tertiary/aromatic N) is 4. The number of carbonyl (C=O) groups is 1. The van der Waals surface area contributed by atoms with E-state index in [2.05, 4.69) is 43.2 Å². The van der Waals surface area contributed by atoms with Crippen molar-refractivity contribution in [3.63, 3.8) is 0 Å². The van der Waals surface area contributed by atoms with Gasteiger partial charge in [0.15, 0.2) is 0 Å². The molecule has 1 aliphatic heterocycles. The first-order valence-corrected chi connectivity index (χ1v) is 12.3. The molecule has 1 fully saturated rings. The number of rotatable bonds is 6. The molecular formula is C28H27F3N7O2Y-. The average molecular weight is 639 g/mol. The number of benzene rings is 1. The Kier molecular flexibility index (Phi) is 11.4. The fourth-order valence-corrected chi connectivity index (χ4v) is 3.93. The molecule has 211 valence electrons. The Morgan fingerprint density at radius 3 is 2.68 bits per heavy atom. The number of imidazole rings is 1. The van der Waals surface area contributed by atoms with E-state index in [4.69, 9.17) is 10.1 Å². The Hall–Kier alpha value is -3.37. The normalized spacial score (nSPS) is 14.2. The predicted molar refractivity (Wildman–Crippen MR) is 144 cm³/mol. The van der Waals surface area contributed by atoms with E-state index in [1.165, 1.54) is 43.8 Å². The van der Waals surface area contributed by atoms with Gasteiger partial charge in [-0.05, 0) is 48.8 Å². The van der Waals surface area contributed by atoms with Gasteiger partial charge in [0.1, 0.15) is 5.82 Å². The molecule has 1 amide bonds. The molecule has 4 rings (SSSR count). The van der Waals surface area contributed by atoms with Gasteiger partial charge in [0.25, 0.3) is 0 Å².